The van der Waals surface area contributed by atoms with Gasteiger partial charge in [0.25, 0.3) is 0 Å². The molecule has 3 rings (SSSR count). The number of hydrogen-bond donors (Lipinski definition) is 0. The van der Waals surface area contributed by atoms with E-state index in [1.54, 1.807) is 13.3 Å². The van der Waals surface area contributed by atoms with E-state index < -0.39 is 0 Å². The van der Waals surface area contributed by atoms with Crippen molar-refractivity contribution in [3.05, 3.63) is 59.9 Å². The van der Waals surface area contributed by atoms with Crippen molar-refractivity contribution in [3.8, 4) is 5.75 Å². The van der Waals surface area contributed by atoms with Crippen molar-refractivity contribution >= 4 is 5.91 Å². The van der Waals surface area contributed by atoms with Gasteiger partial charge >= 0.3 is 0 Å². The van der Waals surface area contributed by atoms with Crippen molar-refractivity contribution < 1.29 is 14.3 Å². The van der Waals surface area contributed by atoms with Crippen LogP contribution in [0, 0.1) is 0 Å². The van der Waals surface area contributed by atoms with Gasteiger partial charge in [-0.2, -0.15) is 0 Å². The molecule has 26 heavy (non-hydrogen) atoms. The van der Waals surface area contributed by atoms with Gasteiger partial charge < -0.3 is 14.4 Å². The van der Waals surface area contributed by atoms with Crippen molar-refractivity contribution in [1.82, 2.24) is 9.88 Å². The first-order chi connectivity index (χ1) is 12.8. The minimum atomic E-state index is 0.0965. The number of likely N-dealkylation sites (tertiary alicyclic amines) is 1. The largest absolute Gasteiger partial charge is 0.496 e. The van der Waals surface area contributed by atoms with Crippen LogP contribution in [-0.2, 0) is 22.6 Å². The average molecular weight is 354 g/mol. The molecule has 138 valence electrons. The highest BCUT2D eigenvalue weighted by molar-refractivity contribution is 5.76. The summed E-state index contributed by atoms with van der Waals surface area (Å²) in [6.07, 6.45) is 6.84. The standard InChI is InChI=1S/C21H26N2O3/c1-25-20-9-3-2-7-18(20)10-11-21(24)23-13-5-8-19(15-23)26-16-17-6-4-12-22-14-17/h2-4,6-7,9,12,14,19H,5,8,10-11,13,15-16H2,1H3/t19-/m0/s1. The van der Waals surface area contributed by atoms with Gasteiger partial charge in [-0.25, -0.2) is 0 Å². The number of hydrogen-bond acceptors (Lipinski definition) is 4. The molecule has 1 aromatic carbocycles. The second kappa shape index (κ2) is 9.34. The van der Waals surface area contributed by atoms with Gasteiger partial charge in [0.1, 0.15) is 5.75 Å². The molecule has 5 nitrogen and oxygen atoms in total. The Hall–Kier alpha value is -2.40. The van der Waals surface area contributed by atoms with Crippen molar-refractivity contribution in [1.29, 1.82) is 0 Å². The molecule has 2 aromatic rings. The fraction of sp³-hybridized carbons (Fsp3) is 0.429. The van der Waals surface area contributed by atoms with Crippen LogP contribution in [0.3, 0.4) is 0 Å². The maximum Gasteiger partial charge on any atom is 0.222 e. The van der Waals surface area contributed by atoms with Crippen LogP contribution in [0.25, 0.3) is 0 Å². The molecule has 0 bridgehead atoms. The lowest BCUT2D eigenvalue weighted by atomic mass is 10.1. The summed E-state index contributed by atoms with van der Waals surface area (Å²) in [5.74, 6) is 1.03. The molecule has 0 radical (unpaired) electrons. The minimum absolute atomic E-state index is 0.0965. The molecule has 1 aromatic heterocycles. The van der Waals surface area contributed by atoms with Gasteiger partial charge in [0.2, 0.25) is 5.91 Å². The molecule has 1 atom stereocenters. The number of ether oxygens (including phenoxy) is 2. The number of carbonyl (C=O) groups is 1. The lowest BCUT2D eigenvalue weighted by Crippen LogP contribution is -2.43. The summed E-state index contributed by atoms with van der Waals surface area (Å²) in [4.78, 5) is 18.7. The van der Waals surface area contributed by atoms with Crippen LogP contribution in [0.5, 0.6) is 5.75 Å². The van der Waals surface area contributed by atoms with Crippen molar-refractivity contribution in [2.75, 3.05) is 20.2 Å². The summed E-state index contributed by atoms with van der Waals surface area (Å²) in [5, 5.41) is 0. The minimum Gasteiger partial charge on any atom is -0.496 e. The Kier molecular flexibility index (Phi) is 6.61. The zero-order chi connectivity index (χ0) is 18.2. The third kappa shape index (κ3) is 5.05. The Morgan fingerprint density at radius 1 is 1.27 bits per heavy atom. The number of aryl methyl sites for hydroxylation is 1. The summed E-state index contributed by atoms with van der Waals surface area (Å²) in [5.41, 5.74) is 2.14. The monoisotopic (exact) mass is 354 g/mol. The summed E-state index contributed by atoms with van der Waals surface area (Å²) in [6, 6.07) is 11.8. The molecule has 1 fully saturated rings. The number of pyridine rings is 1. The van der Waals surface area contributed by atoms with E-state index in [0.717, 1.165) is 36.3 Å². The summed E-state index contributed by atoms with van der Waals surface area (Å²) >= 11 is 0. The molecule has 0 unspecified atom stereocenters. The van der Waals surface area contributed by atoms with Crippen molar-refractivity contribution in [2.45, 2.75) is 38.4 Å². The Morgan fingerprint density at radius 3 is 2.96 bits per heavy atom. The van der Waals surface area contributed by atoms with Crippen LogP contribution in [0.1, 0.15) is 30.4 Å². The number of benzene rings is 1. The van der Waals surface area contributed by atoms with Gasteiger partial charge in [0, 0.05) is 31.9 Å². The van der Waals surface area contributed by atoms with Gasteiger partial charge in [0.15, 0.2) is 0 Å². The smallest absolute Gasteiger partial charge is 0.222 e. The van der Waals surface area contributed by atoms with E-state index >= 15 is 0 Å². The first-order valence-corrected chi connectivity index (χ1v) is 9.16. The molecule has 1 aliphatic rings. The molecule has 1 aliphatic heterocycles. The summed E-state index contributed by atoms with van der Waals surface area (Å²) in [7, 11) is 1.66. The Labute approximate surface area is 155 Å². The molecule has 0 aliphatic carbocycles. The van der Waals surface area contributed by atoms with Crippen LogP contribution in [0.4, 0.5) is 0 Å². The van der Waals surface area contributed by atoms with Gasteiger partial charge in [-0.1, -0.05) is 24.3 Å². The number of nitrogens with zero attached hydrogens (tertiary/aromatic N) is 2. The maximum absolute atomic E-state index is 12.6. The van der Waals surface area contributed by atoms with E-state index in [2.05, 4.69) is 4.98 Å². The van der Waals surface area contributed by atoms with Crippen LogP contribution >= 0.6 is 0 Å². The van der Waals surface area contributed by atoms with E-state index in [-0.39, 0.29) is 12.0 Å². The molecule has 0 saturated carbocycles. The van der Waals surface area contributed by atoms with Gasteiger partial charge in [-0.05, 0) is 42.5 Å². The normalized spacial score (nSPS) is 17.1. The lowest BCUT2D eigenvalue weighted by Gasteiger charge is -2.33. The third-order valence-corrected chi connectivity index (χ3v) is 4.74. The first-order valence-electron chi connectivity index (χ1n) is 9.16. The highest BCUT2D eigenvalue weighted by atomic mass is 16.5. The number of piperidine rings is 1. The van der Waals surface area contributed by atoms with Crippen LogP contribution in [-0.4, -0.2) is 42.1 Å². The maximum atomic E-state index is 12.6. The quantitative estimate of drug-likeness (QED) is 0.766. The first kappa shape index (κ1) is 18.4. The predicted octanol–water partition coefficient (Wildman–Crippen LogP) is 3.23. The van der Waals surface area contributed by atoms with E-state index in [9.17, 15) is 4.79 Å². The van der Waals surface area contributed by atoms with Gasteiger partial charge in [-0.15, -0.1) is 0 Å². The number of amides is 1. The zero-order valence-electron chi connectivity index (χ0n) is 15.3. The van der Waals surface area contributed by atoms with Gasteiger partial charge in [0.05, 0.1) is 19.8 Å². The number of aromatic nitrogens is 1. The molecule has 1 saturated heterocycles. The van der Waals surface area contributed by atoms with Crippen molar-refractivity contribution in [2.24, 2.45) is 0 Å². The average Bonchev–Trinajstić information content (AvgIpc) is 2.71. The van der Waals surface area contributed by atoms with Crippen LogP contribution in [0.2, 0.25) is 0 Å². The Morgan fingerprint density at radius 2 is 2.15 bits per heavy atom. The summed E-state index contributed by atoms with van der Waals surface area (Å²) in [6.45, 7) is 2.03. The predicted molar refractivity (Wildman–Crippen MR) is 99.9 cm³/mol. The molecular formula is C21H26N2O3. The molecule has 0 N–H and O–H groups in total. The van der Waals surface area contributed by atoms with Crippen LogP contribution < -0.4 is 4.74 Å². The lowest BCUT2D eigenvalue weighted by molar-refractivity contribution is -0.135. The van der Waals surface area contributed by atoms with Gasteiger partial charge in [-0.3, -0.25) is 9.78 Å². The number of para-hydroxylation sites is 1. The Balaban J connectivity index is 1.48. The SMILES string of the molecule is COc1ccccc1CCC(=O)N1CCC[C@H](OCc2cccnc2)C1. The summed E-state index contributed by atoms with van der Waals surface area (Å²) < 4.78 is 11.4. The number of carbonyl (C=O) groups excluding carboxylic acids is 1. The van der Waals surface area contributed by atoms with E-state index in [4.69, 9.17) is 9.47 Å². The molecule has 2 heterocycles. The topological polar surface area (TPSA) is 51.7 Å². The molecule has 5 heteroatoms. The third-order valence-electron chi connectivity index (χ3n) is 4.74. The highest BCUT2D eigenvalue weighted by Crippen LogP contribution is 2.20. The second-order valence-corrected chi connectivity index (χ2v) is 6.59. The fourth-order valence-corrected chi connectivity index (χ4v) is 3.31. The van der Waals surface area contributed by atoms with Crippen LogP contribution in [0.15, 0.2) is 48.8 Å². The van der Waals surface area contributed by atoms with E-state index in [0.29, 0.717) is 26.0 Å². The Bertz CT molecular complexity index is 705. The fourth-order valence-electron chi connectivity index (χ4n) is 3.31. The molecule has 0 spiro atoms. The zero-order valence-corrected chi connectivity index (χ0v) is 15.3. The molecular weight excluding hydrogens is 328 g/mol. The second-order valence-electron chi connectivity index (χ2n) is 6.59. The number of rotatable bonds is 7. The van der Waals surface area contributed by atoms with E-state index in [1.165, 1.54) is 0 Å². The van der Waals surface area contributed by atoms with Crippen molar-refractivity contribution in [3.63, 3.8) is 0 Å². The molecule has 1 amide bonds. The van der Waals surface area contributed by atoms with E-state index in [1.807, 2.05) is 47.5 Å². The number of methoxy groups -OCH3 is 1. The highest BCUT2D eigenvalue weighted by Gasteiger charge is 2.24.